The standard InChI is InChI=1S/C15H17BrN2O3/c1-10(13-6-7-14(16)21-13)17-11-4-3-5-12(8-11)18-15(19)9-20-2/h3-8,10,17H,9H2,1-2H3,(H,18,19). The molecule has 2 aromatic rings. The topological polar surface area (TPSA) is 63.5 Å². The van der Waals surface area contributed by atoms with Crippen molar-refractivity contribution in [3.63, 3.8) is 0 Å². The Balaban J connectivity index is 2.02. The summed E-state index contributed by atoms with van der Waals surface area (Å²) in [5.74, 6) is 0.647. The normalized spacial score (nSPS) is 12.0. The summed E-state index contributed by atoms with van der Waals surface area (Å²) in [5.41, 5.74) is 1.61. The van der Waals surface area contributed by atoms with Gasteiger partial charge in [0.25, 0.3) is 0 Å². The minimum absolute atomic E-state index is 0.0150. The summed E-state index contributed by atoms with van der Waals surface area (Å²) in [6, 6.07) is 11.3. The number of hydrogen-bond acceptors (Lipinski definition) is 4. The number of carbonyl (C=O) groups is 1. The van der Waals surface area contributed by atoms with E-state index in [0.717, 1.165) is 17.1 Å². The number of furan rings is 1. The van der Waals surface area contributed by atoms with Crippen molar-refractivity contribution in [3.05, 3.63) is 46.8 Å². The molecule has 0 saturated carbocycles. The van der Waals surface area contributed by atoms with Gasteiger partial charge in [-0.25, -0.2) is 0 Å². The van der Waals surface area contributed by atoms with E-state index >= 15 is 0 Å². The van der Waals surface area contributed by atoms with Crippen molar-refractivity contribution in [2.24, 2.45) is 0 Å². The minimum atomic E-state index is -0.183. The highest BCUT2D eigenvalue weighted by Gasteiger charge is 2.10. The molecule has 0 bridgehead atoms. The molecule has 0 fully saturated rings. The van der Waals surface area contributed by atoms with Crippen molar-refractivity contribution in [2.45, 2.75) is 13.0 Å². The van der Waals surface area contributed by atoms with E-state index in [1.165, 1.54) is 7.11 Å². The molecule has 112 valence electrons. The monoisotopic (exact) mass is 352 g/mol. The Morgan fingerprint density at radius 1 is 1.33 bits per heavy atom. The van der Waals surface area contributed by atoms with Gasteiger partial charge in [-0.05, 0) is 53.2 Å². The molecule has 1 aromatic heterocycles. The van der Waals surface area contributed by atoms with E-state index in [-0.39, 0.29) is 18.6 Å². The highest BCUT2D eigenvalue weighted by molar-refractivity contribution is 9.10. The van der Waals surface area contributed by atoms with E-state index in [4.69, 9.17) is 9.15 Å². The molecule has 0 spiro atoms. The van der Waals surface area contributed by atoms with Crippen LogP contribution in [-0.4, -0.2) is 19.6 Å². The van der Waals surface area contributed by atoms with E-state index in [9.17, 15) is 4.79 Å². The number of amides is 1. The van der Waals surface area contributed by atoms with Gasteiger partial charge in [0.05, 0.1) is 6.04 Å². The largest absolute Gasteiger partial charge is 0.452 e. The Morgan fingerprint density at radius 3 is 2.76 bits per heavy atom. The number of ether oxygens (including phenoxy) is 1. The number of benzene rings is 1. The van der Waals surface area contributed by atoms with Gasteiger partial charge >= 0.3 is 0 Å². The molecule has 1 atom stereocenters. The van der Waals surface area contributed by atoms with Gasteiger partial charge in [-0.3, -0.25) is 4.79 Å². The summed E-state index contributed by atoms with van der Waals surface area (Å²) in [6.07, 6.45) is 0. The number of rotatable bonds is 6. The predicted octanol–water partition coefficient (Wildman–Crippen LogP) is 3.80. The van der Waals surface area contributed by atoms with Crippen LogP contribution in [0.1, 0.15) is 18.7 Å². The Labute approximate surface area is 131 Å². The number of anilines is 2. The lowest BCUT2D eigenvalue weighted by Gasteiger charge is -2.14. The first kappa shape index (κ1) is 15.6. The van der Waals surface area contributed by atoms with Gasteiger partial charge in [0, 0.05) is 18.5 Å². The SMILES string of the molecule is COCC(=O)Nc1cccc(NC(C)c2ccc(Br)o2)c1. The summed E-state index contributed by atoms with van der Waals surface area (Å²) < 4.78 is 11.0. The maximum absolute atomic E-state index is 11.5. The van der Waals surface area contributed by atoms with Crippen LogP contribution in [0.2, 0.25) is 0 Å². The molecule has 0 aliphatic heterocycles. The molecule has 0 aliphatic carbocycles. The molecule has 2 rings (SSSR count). The zero-order valence-corrected chi connectivity index (χ0v) is 13.4. The third-order valence-electron chi connectivity index (χ3n) is 2.83. The molecular formula is C15H17BrN2O3. The zero-order valence-electron chi connectivity index (χ0n) is 11.9. The number of carbonyl (C=O) groups excluding carboxylic acids is 1. The third kappa shape index (κ3) is 4.61. The zero-order chi connectivity index (χ0) is 15.2. The maximum Gasteiger partial charge on any atom is 0.250 e. The quantitative estimate of drug-likeness (QED) is 0.829. The van der Waals surface area contributed by atoms with Crippen LogP contribution in [-0.2, 0) is 9.53 Å². The first-order valence-corrected chi connectivity index (χ1v) is 7.28. The molecule has 5 nitrogen and oxygen atoms in total. The molecule has 1 amide bonds. The van der Waals surface area contributed by atoms with Crippen molar-refractivity contribution >= 4 is 33.2 Å². The molecule has 21 heavy (non-hydrogen) atoms. The molecule has 6 heteroatoms. The lowest BCUT2D eigenvalue weighted by molar-refractivity contribution is -0.119. The van der Waals surface area contributed by atoms with Gasteiger partial charge in [0.1, 0.15) is 12.4 Å². The fourth-order valence-electron chi connectivity index (χ4n) is 1.90. The molecule has 1 aromatic carbocycles. The average molecular weight is 353 g/mol. The minimum Gasteiger partial charge on any atom is -0.452 e. The highest BCUT2D eigenvalue weighted by atomic mass is 79.9. The van der Waals surface area contributed by atoms with Gasteiger partial charge < -0.3 is 19.8 Å². The van der Waals surface area contributed by atoms with Crippen molar-refractivity contribution in [1.29, 1.82) is 0 Å². The second kappa shape index (κ2) is 7.28. The average Bonchev–Trinajstić information content (AvgIpc) is 2.86. The van der Waals surface area contributed by atoms with Crippen molar-refractivity contribution in [2.75, 3.05) is 24.4 Å². The van der Waals surface area contributed by atoms with Gasteiger partial charge in [0.15, 0.2) is 4.67 Å². The van der Waals surface area contributed by atoms with Crippen molar-refractivity contribution in [1.82, 2.24) is 0 Å². The second-order valence-corrected chi connectivity index (χ2v) is 5.35. The van der Waals surface area contributed by atoms with Crippen LogP contribution in [0.4, 0.5) is 11.4 Å². The summed E-state index contributed by atoms with van der Waals surface area (Å²) in [7, 11) is 1.49. The summed E-state index contributed by atoms with van der Waals surface area (Å²) in [4.78, 5) is 11.5. The van der Waals surface area contributed by atoms with Crippen LogP contribution in [0.15, 0.2) is 45.5 Å². The van der Waals surface area contributed by atoms with Crippen LogP contribution in [0.25, 0.3) is 0 Å². The van der Waals surface area contributed by atoms with E-state index in [2.05, 4.69) is 26.6 Å². The highest BCUT2D eigenvalue weighted by Crippen LogP contribution is 2.24. The third-order valence-corrected chi connectivity index (χ3v) is 3.25. The summed E-state index contributed by atoms with van der Waals surface area (Å²) in [6.45, 7) is 2.04. The van der Waals surface area contributed by atoms with Gasteiger partial charge in [0.2, 0.25) is 5.91 Å². The molecular weight excluding hydrogens is 336 g/mol. The lowest BCUT2D eigenvalue weighted by Crippen LogP contribution is -2.17. The Bertz CT molecular complexity index is 612. The first-order valence-electron chi connectivity index (χ1n) is 6.49. The Kier molecular flexibility index (Phi) is 5.41. The van der Waals surface area contributed by atoms with E-state index in [1.807, 2.05) is 43.3 Å². The van der Waals surface area contributed by atoms with E-state index in [0.29, 0.717) is 4.67 Å². The molecule has 1 heterocycles. The summed E-state index contributed by atoms with van der Waals surface area (Å²) in [5, 5.41) is 6.09. The van der Waals surface area contributed by atoms with Crippen LogP contribution < -0.4 is 10.6 Å². The number of halogens is 1. The van der Waals surface area contributed by atoms with Crippen LogP contribution in [0, 0.1) is 0 Å². The number of nitrogens with one attached hydrogen (secondary N) is 2. The van der Waals surface area contributed by atoms with Crippen molar-refractivity contribution < 1.29 is 13.9 Å². The van der Waals surface area contributed by atoms with E-state index < -0.39 is 0 Å². The fourth-order valence-corrected chi connectivity index (χ4v) is 2.22. The number of hydrogen-bond donors (Lipinski definition) is 2. The molecule has 1 unspecified atom stereocenters. The molecule has 0 radical (unpaired) electrons. The number of methoxy groups -OCH3 is 1. The van der Waals surface area contributed by atoms with Crippen LogP contribution in [0.5, 0.6) is 0 Å². The maximum atomic E-state index is 11.5. The molecule has 0 saturated heterocycles. The summed E-state index contributed by atoms with van der Waals surface area (Å²) >= 11 is 3.29. The fraction of sp³-hybridized carbons (Fsp3) is 0.267. The lowest BCUT2D eigenvalue weighted by atomic mass is 10.2. The Morgan fingerprint density at radius 2 is 2.10 bits per heavy atom. The van der Waals surface area contributed by atoms with Gasteiger partial charge in [-0.2, -0.15) is 0 Å². The smallest absolute Gasteiger partial charge is 0.250 e. The van der Waals surface area contributed by atoms with Crippen molar-refractivity contribution in [3.8, 4) is 0 Å². The second-order valence-electron chi connectivity index (χ2n) is 4.57. The molecule has 0 aliphatic rings. The van der Waals surface area contributed by atoms with E-state index in [1.54, 1.807) is 0 Å². The van der Waals surface area contributed by atoms with Crippen LogP contribution in [0.3, 0.4) is 0 Å². The van der Waals surface area contributed by atoms with Gasteiger partial charge in [-0.15, -0.1) is 0 Å². The first-order chi connectivity index (χ1) is 10.1. The predicted molar refractivity (Wildman–Crippen MR) is 85.4 cm³/mol. The van der Waals surface area contributed by atoms with Gasteiger partial charge in [-0.1, -0.05) is 6.07 Å². The van der Waals surface area contributed by atoms with Crippen LogP contribution >= 0.6 is 15.9 Å². The molecule has 2 N–H and O–H groups in total. The Hall–Kier alpha value is -1.79.